The molecule has 0 unspecified atom stereocenters. The molecule has 8 heteroatoms. The Morgan fingerprint density at radius 2 is 1.85 bits per heavy atom. The molecule has 8 nitrogen and oxygen atoms in total. The highest BCUT2D eigenvalue weighted by Gasteiger charge is 2.19. The molecule has 0 spiro atoms. The zero-order chi connectivity index (χ0) is 19.3. The molecule has 0 aliphatic rings. The lowest BCUT2D eigenvalue weighted by atomic mass is 10.2. The van der Waals surface area contributed by atoms with E-state index < -0.39 is 17.9 Å². The molecule has 0 aliphatic carbocycles. The summed E-state index contributed by atoms with van der Waals surface area (Å²) in [6, 6.07) is 4.65. The maximum atomic E-state index is 12.1. The third-order valence-electron chi connectivity index (χ3n) is 3.78. The third kappa shape index (κ3) is 4.33. The minimum absolute atomic E-state index is 0.0368. The summed E-state index contributed by atoms with van der Waals surface area (Å²) in [4.78, 5) is 35.3. The molecular weight excluding hydrogens is 342 g/mol. The number of furan rings is 1. The summed E-state index contributed by atoms with van der Waals surface area (Å²) >= 11 is 0. The van der Waals surface area contributed by atoms with Gasteiger partial charge in [-0.3, -0.25) is 4.79 Å². The van der Waals surface area contributed by atoms with Gasteiger partial charge in [-0.2, -0.15) is 0 Å². The van der Waals surface area contributed by atoms with E-state index in [0.29, 0.717) is 17.0 Å². The van der Waals surface area contributed by atoms with Gasteiger partial charge in [0.25, 0.3) is 0 Å². The molecule has 2 aromatic rings. The van der Waals surface area contributed by atoms with Gasteiger partial charge in [-0.15, -0.1) is 0 Å². The van der Waals surface area contributed by atoms with Crippen LogP contribution >= 0.6 is 0 Å². The van der Waals surface area contributed by atoms with Gasteiger partial charge in [0.2, 0.25) is 5.76 Å². The highest BCUT2D eigenvalue weighted by Crippen LogP contribution is 2.17. The standard InChI is InChI=1S/C18H21NO7/c1-5-24-17(21)14-8-11(2)19(12(14)3)9-16(20)25-10-13-6-7-15(26-13)18(22)23-4/h6-8H,5,9-10H2,1-4H3. The molecule has 0 amide bonds. The van der Waals surface area contributed by atoms with Gasteiger partial charge < -0.3 is 23.2 Å². The molecule has 2 aromatic heterocycles. The molecule has 0 aliphatic heterocycles. The van der Waals surface area contributed by atoms with Crippen molar-refractivity contribution < 1.29 is 33.0 Å². The number of carbonyl (C=O) groups excluding carboxylic acids is 3. The van der Waals surface area contributed by atoms with E-state index in [4.69, 9.17) is 13.9 Å². The quantitative estimate of drug-likeness (QED) is 0.550. The smallest absolute Gasteiger partial charge is 0.373 e. The summed E-state index contributed by atoms with van der Waals surface area (Å²) in [7, 11) is 1.25. The number of aromatic nitrogens is 1. The predicted octanol–water partition coefficient (Wildman–Crippen LogP) is 2.40. The van der Waals surface area contributed by atoms with Gasteiger partial charge in [0.05, 0.1) is 19.3 Å². The fourth-order valence-electron chi connectivity index (χ4n) is 2.45. The second-order valence-corrected chi connectivity index (χ2v) is 5.51. The summed E-state index contributed by atoms with van der Waals surface area (Å²) in [6.45, 7) is 5.37. The Balaban J connectivity index is 1.99. The molecule has 2 heterocycles. The molecule has 26 heavy (non-hydrogen) atoms. The Morgan fingerprint density at radius 3 is 2.50 bits per heavy atom. The molecule has 0 saturated heterocycles. The van der Waals surface area contributed by atoms with E-state index in [-0.39, 0.29) is 25.5 Å². The molecule has 2 rings (SSSR count). The fraction of sp³-hybridized carbons (Fsp3) is 0.389. The molecular formula is C18H21NO7. The minimum Gasteiger partial charge on any atom is -0.463 e. The van der Waals surface area contributed by atoms with Crippen molar-refractivity contribution in [2.45, 2.75) is 33.9 Å². The third-order valence-corrected chi connectivity index (χ3v) is 3.78. The second kappa shape index (κ2) is 8.37. The number of aryl methyl sites for hydroxylation is 1. The van der Waals surface area contributed by atoms with Crippen molar-refractivity contribution >= 4 is 17.9 Å². The topological polar surface area (TPSA) is 97.0 Å². The zero-order valence-corrected chi connectivity index (χ0v) is 15.2. The maximum Gasteiger partial charge on any atom is 0.373 e. The monoisotopic (exact) mass is 363 g/mol. The molecule has 0 N–H and O–H groups in total. The number of rotatable bonds is 7. The summed E-state index contributed by atoms with van der Waals surface area (Å²) in [6.07, 6.45) is 0. The zero-order valence-electron chi connectivity index (χ0n) is 15.2. The largest absolute Gasteiger partial charge is 0.463 e. The van der Waals surface area contributed by atoms with Crippen LogP contribution in [0, 0.1) is 13.8 Å². The number of hydrogen-bond acceptors (Lipinski definition) is 7. The molecule has 0 radical (unpaired) electrons. The van der Waals surface area contributed by atoms with Crippen molar-refractivity contribution in [2.75, 3.05) is 13.7 Å². The van der Waals surface area contributed by atoms with Crippen molar-refractivity contribution in [2.24, 2.45) is 0 Å². The summed E-state index contributed by atoms with van der Waals surface area (Å²) < 4.78 is 21.6. The number of ether oxygens (including phenoxy) is 3. The van der Waals surface area contributed by atoms with Gasteiger partial charge in [0, 0.05) is 11.4 Å². The predicted molar refractivity (Wildman–Crippen MR) is 89.7 cm³/mol. The van der Waals surface area contributed by atoms with E-state index in [1.54, 1.807) is 31.4 Å². The molecule has 140 valence electrons. The van der Waals surface area contributed by atoms with Crippen molar-refractivity contribution in [3.8, 4) is 0 Å². The van der Waals surface area contributed by atoms with E-state index >= 15 is 0 Å². The van der Waals surface area contributed by atoms with E-state index in [0.717, 1.165) is 5.69 Å². The van der Waals surface area contributed by atoms with E-state index in [1.165, 1.54) is 19.2 Å². The van der Waals surface area contributed by atoms with Crippen LogP contribution in [-0.2, 0) is 32.2 Å². The first-order valence-corrected chi connectivity index (χ1v) is 8.03. The minimum atomic E-state index is -0.604. The van der Waals surface area contributed by atoms with Crippen LogP contribution in [0.1, 0.15) is 45.0 Å². The van der Waals surface area contributed by atoms with Crippen molar-refractivity contribution in [1.29, 1.82) is 0 Å². The Morgan fingerprint density at radius 1 is 1.12 bits per heavy atom. The number of esters is 3. The summed E-state index contributed by atoms with van der Waals surface area (Å²) in [5.41, 5.74) is 1.79. The van der Waals surface area contributed by atoms with E-state index in [2.05, 4.69) is 4.74 Å². The first-order chi connectivity index (χ1) is 12.4. The van der Waals surface area contributed by atoms with Crippen LogP contribution in [0.3, 0.4) is 0 Å². The van der Waals surface area contributed by atoms with Gasteiger partial charge >= 0.3 is 17.9 Å². The normalized spacial score (nSPS) is 10.5. The number of hydrogen-bond donors (Lipinski definition) is 0. The van der Waals surface area contributed by atoms with Gasteiger partial charge in [0.15, 0.2) is 0 Å². The Labute approximate surface area is 150 Å². The van der Waals surface area contributed by atoms with Crippen LogP contribution in [0.5, 0.6) is 0 Å². The Kier molecular flexibility index (Phi) is 6.21. The first kappa shape index (κ1) is 19.3. The van der Waals surface area contributed by atoms with Gasteiger partial charge in [-0.05, 0) is 39.0 Å². The van der Waals surface area contributed by atoms with Crippen LogP contribution in [0.15, 0.2) is 22.6 Å². The van der Waals surface area contributed by atoms with E-state index in [9.17, 15) is 14.4 Å². The fourth-order valence-corrected chi connectivity index (χ4v) is 2.45. The highest BCUT2D eigenvalue weighted by atomic mass is 16.6. The van der Waals surface area contributed by atoms with Crippen molar-refractivity contribution in [3.63, 3.8) is 0 Å². The lowest BCUT2D eigenvalue weighted by Gasteiger charge is -2.09. The van der Waals surface area contributed by atoms with Crippen LogP contribution < -0.4 is 0 Å². The number of methoxy groups -OCH3 is 1. The SMILES string of the molecule is CCOC(=O)c1cc(C)n(CC(=O)OCc2ccc(C(=O)OC)o2)c1C. The average Bonchev–Trinajstić information content (AvgIpc) is 3.19. The lowest BCUT2D eigenvalue weighted by molar-refractivity contribution is -0.146. The molecule has 0 fully saturated rings. The number of carbonyl (C=O) groups is 3. The van der Waals surface area contributed by atoms with Crippen LogP contribution in [0.2, 0.25) is 0 Å². The molecule has 0 bridgehead atoms. The maximum absolute atomic E-state index is 12.1. The van der Waals surface area contributed by atoms with Gasteiger partial charge in [-0.1, -0.05) is 0 Å². The van der Waals surface area contributed by atoms with Gasteiger partial charge in [-0.25, -0.2) is 9.59 Å². The van der Waals surface area contributed by atoms with Crippen LogP contribution in [0.4, 0.5) is 0 Å². The molecule has 0 atom stereocenters. The first-order valence-electron chi connectivity index (χ1n) is 8.03. The van der Waals surface area contributed by atoms with Crippen LogP contribution in [0.25, 0.3) is 0 Å². The Bertz CT molecular complexity index is 816. The number of nitrogens with zero attached hydrogens (tertiary/aromatic N) is 1. The van der Waals surface area contributed by atoms with E-state index in [1.807, 2.05) is 0 Å². The average molecular weight is 363 g/mol. The molecule has 0 aromatic carbocycles. The summed E-state index contributed by atoms with van der Waals surface area (Å²) in [5.74, 6) is -1.17. The Hall–Kier alpha value is -3.03. The lowest BCUT2D eigenvalue weighted by Crippen LogP contribution is -2.16. The van der Waals surface area contributed by atoms with Crippen LogP contribution in [-0.4, -0.2) is 36.2 Å². The van der Waals surface area contributed by atoms with Gasteiger partial charge in [0.1, 0.15) is 18.9 Å². The summed E-state index contributed by atoms with van der Waals surface area (Å²) in [5, 5.41) is 0. The molecule has 0 saturated carbocycles. The highest BCUT2D eigenvalue weighted by molar-refractivity contribution is 5.91. The van der Waals surface area contributed by atoms with Crippen molar-refractivity contribution in [1.82, 2.24) is 4.57 Å². The van der Waals surface area contributed by atoms with Crippen molar-refractivity contribution in [3.05, 3.63) is 46.7 Å². The second-order valence-electron chi connectivity index (χ2n) is 5.51.